The van der Waals surface area contributed by atoms with E-state index < -0.39 is 4.92 Å². The van der Waals surface area contributed by atoms with Crippen molar-refractivity contribution in [3.63, 3.8) is 0 Å². The third-order valence-electron chi connectivity index (χ3n) is 3.83. The maximum atomic E-state index is 12.2. The Morgan fingerprint density at radius 2 is 2.10 bits per heavy atom. The first-order valence-electron chi connectivity index (χ1n) is 6.80. The summed E-state index contributed by atoms with van der Waals surface area (Å²) >= 11 is 0. The monoisotopic (exact) mass is 277 g/mol. The van der Waals surface area contributed by atoms with Crippen molar-refractivity contribution in [2.75, 3.05) is 5.32 Å². The molecular formula is C14H19N3O3. The van der Waals surface area contributed by atoms with Crippen LogP contribution in [-0.4, -0.2) is 16.9 Å². The Balaban J connectivity index is 2.11. The van der Waals surface area contributed by atoms with Crippen LogP contribution in [-0.2, 0) is 4.79 Å². The Kier molecular flexibility index (Phi) is 4.34. The first kappa shape index (κ1) is 14.5. The molecule has 2 atom stereocenters. The van der Waals surface area contributed by atoms with Crippen LogP contribution in [0.4, 0.5) is 11.4 Å². The number of rotatable bonds is 3. The number of nitrogens with one attached hydrogen (secondary N) is 1. The van der Waals surface area contributed by atoms with Gasteiger partial charge in [0.25, 0.3) is 5.69 Å². The molecule has 3 N–H and O–H groups in total. The number of hydrogen-bond donors (Lipinski definition) is 2. The van der Waals surface area contributed by atoms with Crippen molar-refractivity contribution in [1.82, 2.24) is 0 Å². The predicted octanol–water partition coefficient (Wildman–Crippen LogP) is 2.36. The second kappa shape index (κ2) is 6.00. The van der Waals surface area contributed by atoms with E-state index in [0.29, 0.717) is 11.3 Å². The maximum absolute atomic E-state index is 12.2. The molecule has 0 heterocycles. The Morgan fingerprint density at radius 1 is 1.40 bits per heavy atom. The Bertz CT molecular complexity index is 530. The van der Waals surface area contributed by atoms with Crippen LogP contribution in [0.25, 0.3) is 0 Å². The zero-order valence-corrected chi connectivity index (χ0v) is 11.5. The summed E-state index contributed by atoms with van der Waals surface area (Å²) in [6.07, 6.45) is 3.69. The van der Waals surface area contributed by atoms with Gasteiger partial charge in [0.15, 0.2) is 0 Å². The molecule has 0 bridgehead atoms. The minimum absolute atomic E-state index is 0.00995. The van der Waals surface area contributed by atoms with Gasteiger partial charge in [-0.3, -0.25) is 14.9 Å². The van der Waals surface area contributed by atoms with Crippen molar-refractivity contribution in [1.29, 1.82) is 0 Å². The van der Waals surface area contributed by atoms with Crippen molar-refractivity contribution in [2.24, 2.45) is 11.7 Å². The number of nitro benzene ring substituents is 1. The van der Waals surface area contributed by atoms with Gasteiger partial charge in [-0.05, 0) is 25.8 Å². The molecule has 108 valence electrons. The molecule has 0 saturated heterocycles. The Labute approximate surface area is 117 Å². The highest BCUT2D eigenvalue weighted by Crippen LogP contribution is 2.26. The summed E-state index contributed by atoms with van der Waals surface area (Å²) in [5.74, 6) is -0.348. The lowest BCUT2D eigenvalue weighted by Gasteiger charge is -2.27. The van der Waals surface area contributed by atoms with Gasteiger partial charge in [0, 0.05) is 23.4 Å². The number of anilines is 1. The number of nitrogens with two attached hydrogens (primary N) is 1. The van der Waals surface area contributed by atoms with Gasteiger partial charge in [-0.25, -0.2) is 0 Å². The topological polar surface area (TPSA) is 98.3 Å². The number of carbonyl (C=O) groups is 1. The molecule has 1 aliphatic carbocycles. The van der Waals surface area contributed by atoms with Crippen LogP contribution in [0.1, 0.15) is 31.2 Å². The summed E-state index contributed by atoms with van der Waals surface area (Å²) in [5, 5.41) is 13.6. The third kappa shape index (κ3) is 3.14. The number of hydrogen-bond acceptors (Lipinski definition) is 4. The van der Waals surface area contributed by atoms with Crippen LogP contribution in [0.5, 0.6) is 0 Å². The number of benzene rings is 1. The van der Waals surface area contributed by atoms with Gasteiger partial charge in [-0.2, -0.15) is 0 Å². The molecule has 1 saturated carbocycles. The first-order chi connectivity index (χ1) is 9.49. The highest BCUT2D eigenvalue weighted by molar-refractivity contribution is 5.93. The SMILES string of the molecule is Cc1ccc(NC(=O)C2CCCCC2N)cc1[N+](=O)[O-]. The Hall–Kier alpha value is -1.95. The normalized spacial score (nSPS) is 22.3. The molecule has 2 unspecified atom stereocenters. The van der Waals surface area contributed by atoms with Crippen LogP contribution >= 0.6 is 0 Å². The summed E-state index contributed by atoms with van der Waals surface area (Å²) in [6.45, 7) is 1.67. The van der Waals surface area contributed by atoms with Crippen LogP contribution in [0.2, 0.25) is 0 Å². The van der Waals surface area contributed by atoms with Crippen LogP contribution in [0.15, 0.2) is 18.2 Å². The van der Waals surface area contributed by atoms with Gasteiger partial charge in [-0.15, -0.1) is 0 Å². The molecule has 1 aromatic rings. The number of aryl methyl sites for hydroxylation is 1. The van der Waals surface area contributed by atoms with E-state index in [0.717, 1.165) is 25.7 Å². The fourth-order valence-corrected chi connectivity index (χ4v) is 2.60. The summed E-state index contributed by atoms with van der Waals surface area (Å²) in [6, 6.07) is 4.58. The lowest BCUT2D eigenvalue weighted by molar-refractivity contribution is -0.385. The fourth-order valence-electron chi connectivity index (χ4n) is 2.60. The number of amides is 1. The van der Waals surface area contributed by atoms with Gasteiger partial charge >= 0.3 is 0 Å². The fraction of sp³-hybridized carbons (Fsp3) is 0.500. The van der Waals surface area contributed by atoms with Crippen molar-refractivity contribution in [3.05, 3.63) is 33.9 Å². The highest BCUT2D eigenvalue weighted by Gasteiger charge is 2.28. The molecule has 0 spiro atoms. The smallest absolute Gasteiger partial charge is 0.274 e. The molecule has 20 heavy (non-hydrogen) atoms. The standard InChI is InChI=1S/C14H19N3O3/c1-9-6-7-10(8-13(9)17(19)20)16-14(18)11-4-2-3-5-12(11)15/h6-8,11-12H,2-5,15H2,1H3,(H,16,18). The van der Waals surface area contributed by atoms with Gasteiger partial charge in [-0.1, -0.05) is 18.9 Å². The third-order valence-corrected chi connectivity index (χ3v) is 3.83. The number of carbonyl (C=O) groups excluding carboxylic acids is 1. The molecule has 0 aliphatic heterocycles. The highest BCUT2D eigenvalue weighted by atomic mass is 16.6. The van der Waals surface area contributed by atoms with Crippen molar-refractivity contribution in [2.45, 2.75) is 38.6 Å². The number of nitrogens with zero attached hydrogens (tertiary/aromatic N) is 1. The summed E-state index contributed by atoms with van der Waals surface area (Å²) in [5.41, 5.74) is 7.00. The van der Waals surface area contributed by atoms with Crippen LogP contribution in [0, 0.1) is 23.0 Å². The molecule has 0 aromatic heterocycles. The summed E-state index contributed by atoms with van der Waals surface area (Å²) < 4.78 is 0. The molecule has 2 rings (SSSR count). The first-order valence-corrected chi connectivity index (χ1v) is 6.80. The molecule has 0 radical (unpaired) electrons. The van der Waals surface area contributed by atoms with Crippen molar-refractivity contribution < 1.29 is 9.72 Å². The van der Waals surface area contributed by atoms with Crippen molar-refractivity contribution >= 4 is 17.3 Å². The second-order valence-electron chi connectivity index (χ2n) is 5.30. The number of nitro groups is 1. The maximum Gasteiger partial charge on any atom is 0.274 e. The van der Waals surface area contributed by atoms with E-state index in [2.05, 4.69) is 5.32 Å². The zero-order chi connectivity index (χ0) is 14.7. The summed E-state index contributed by atoms with van der Waals surface area (Å²) in [4.78, 5) is 22.6. The largest absolute Gasteiger partial charge is 0.327 e. The van der Waals surface area contributed by atoms with E-state index in [1.165, 1.54) is 6.07 Å². The predicted molar refractivity (Wildman–Crippen MR) is 76.4 cm³/mol. The molecule has 1 amide bonds. The Morgan fingerprint density at radius 3 is 2.75 bits per heavy atom. The molecule has 1 aliphatic rings. The average molecular weight is 277 g/mol. The van der Waals surface area contributed by atoms with Crippen LogP contribution in [0.3, 0.4) is 0 Å². The summed E-state index contributed by atoms with van der Waals surface area (Å²) in [7, 11) is 0. The quantitative estimate of drug-likeness (QED) is 0.654. The molecule has 6 heteroatoms. The lowest BCUT2D eigenvalue weighted by Crippen LogP contribution is -2.40. The zero-order valence-electron chi connectivity index (χ0n) is 11.5. The van der Waals surface area contributed by atoms with E-state index in [-0.39, 0.29) is 23.6 Å². The average Bonchev–Trinajstić information content (AvgIpc) is 2.41. The molecule has 1 fully saturated rings. The molecule has 1 aromatic carbocycles. The van der Waals surface area contributed by atoms with E-state index in [4.69, 9.17) is 5.73 Å². The lowest BCUT2D eigenvalue weighted by atomic mass is 9.84. The van der Waals surface area contributed by atoms with E-state index in [1.54, 1.807) is 19.1 Å². The minimum atomic E-state index is -0.447. The van der Waals surface area contributed by atoms with E-state index in [1.807, 2.05) is 0 Å². The molecular weight excluding hydrogens is 258 g/mol. The second-order valence-corrected chi connectivity index (χ2v) is 5.30. The van der Waals surface area contributed by atoms with Crippen LogP contribution < -0.4 is 11.1 Å². The minimum Gasteiger partial charge on any atom is -0.327 e. The van der Waals surface area contributed by atoms with E-state index >= 15 is 0 Å². The van der Waals surface area contributed by atoms with Gasteiger partial charge in [0.1, 0.15) is 0 Å². The van der Waals surface area contributed by atoms with Gasteiger partial charge in [0.2, 0.25) is 5.91 Å². The van der Waals surface area contributed by atoms with Crippen molar-refractivity contribution in [3.8, 4) is 0 Å². The van der Waals surface area contributed by atoms with Gasteiger partial charge < -0.3 is 11.1 Å². The van der Waals surface area contributed by atoms with Gasteiger partial charge in [0.05, 0.1) is 10.8 Å². The van der Waals surface area contributed by atoms with E-state index in [9.17, 15) is 14.9 Å². The molecule has 6 nitrogen and oxygen atoms in total.